The molecule has 0 bridgehead atoms. The molecule has 8 heteroatoms. The van der Waals surface area contributed by atoms with Crippen molar-refractivity contribution >= 4 is 5.69 Å². The maximum atomic E-state index is 10.8. The number of hydrogen-bond donors (Lipinski definition) is 0. The quantitative estimate of drug-likeness (QED) is 0.571. The van der Waals surface area contributed by atoms with Crippen LogP contribution in [0.4, 0.5) is 5.69 Å². The van der Waals surface area contributed by atoms with E-state index < -0.39 is 4.92 Å². The lowest BCUT2D eigenvalue weighted by Crippen LogP contribution is -1.93. The van der Waals surface area contributed by atoms with Gasteiger partial charge in [-0.1, -0.05) is 0 Å². The van der Waals surface area contributed by atoms with Gasteiger partial charge in [-0.2, -0.15) is 5.10 Å². The van der Waals surface area contributed by atoms with Gasteiger partial charge in [-0.15, -0.1) is 10.2 Å². The van der Waals surface area contributed by atoms with Crippen LogP contribution in [0.5, 0.6) is 0 Å². The van der Waals surface area contributed by atoms with Crippen LogP contribution in [0.15, 0.2) is 10.6 Å². The second-order valence-corrected chi connectivity index (χ2v) is 3.10. The van der Waals surface area contributed by atoms with Crippen LogP contribution in [-0.2, 0) is 6.54 Å². The summed E-state index contributed by atoms with van der Waals surface area (Å²) in [6.07, 6.45) is 1.34. The van der Waals surface area contributed by atoms with Gasteiger partial charge in [-0.25, -0.2) is 0 Å². The van der Waals surface area contributed by atoms with E-state index in [0.29, 0.717) is 12.4 Å². The maximum absolute atomic E-state index is 10.8. The van der Waals surface area contributed by atoms with Gasteiger partial charge in [0.1, 0.15) is 6.20 Å². The fourth-order valence-electron chi connectivity index (χ4n) is 1.25. The fourth-order valence-corrected chi connectivity index (χ4v) is 1.25. The molecule has 0 fully saturated rings. The Morgan fingerprint density at radius 3 is 2.81 bits per heavy atom. The van der Waals surface area contributed by atoms with Gasteiger partial charge in [0.05, 0.1) is 4.92 Å². The summed E-state index contributed by atoms with van der Waals surface area (Å²) < 4.78 is 6.57. The van der Waals surface area contributed by atoms with Crippen molar-refractivity contribution in [2.24, 2.45) is 0 Å². The number of aromatic nitrogens is 4. The second kappa shape index (κ2) is 3.72. The van der Waals surface area contributed by atoms with E-state index in [0.717, 1.165) is 0 Å². The summed E-state index contributed by atoms with van der Waals surface area (Å²) in [4.78, 5) is 10.3. The lowest BCUT2D eigenvalue weighted by atomic mass is 10.4. The number of nitrogens with zero attached hydrogens (tertiary/aromatic N) is 5. The third kappa shape index (κ3) is 1.64. The third-order valence-corrected chi connectivity index (χ3v) is 1.99. The highest BCUT2D eigenvalue weighted by Crippen LogP contribution is 2.26. The molecule has 2 heterocycles. The Hall–Kier alpha value is -2.25. The van der Waals surface area contributed by atoms with Crippen molar-refractivity contribution in [3.8, 4) is 11.6 Å². The molecule has 2 rings (SSSR count). The van der Waals surface area contributed by atoms with Crippen LogP contribution in [0.3, 0.4) is 0 Å². The number of aryl methyl sites for hydroxylation is 2. The van der Waals surface area contributed by atoms with Crippen LogP contribution in [0.2, 0.25) is 0 Å². The van der Waals surface area contributed by atoms with Gasteiger partial charge in [-0.05, 0) is 6.92 Å². The molecule has 0 aliphatic rings. The van der Waals surface area contributed by atoms with E-state index in [1.54, 1.807) is 6.92 Å². The molecule has 0 aromatic carbocycles. The van der Waals surface area contributed by atoms with E-state index in [1.165, 1.54) is 10.9 Å². The summed E-state index contributed by atoms with van der Waals surface area (Å²) >= 11 is 0. The Morgan fingerprint density at radius 1 is 1.56 bits per heavy atom. The van der Waals surface area contributed by atoms with E-state index in [4.69, 9.17) is 4.42 Å². The topological polar surface area (TPSA) is 99.9 Å². The van der Waals surface area contributed by atoms with Gasteiger partial charge >= 0.3 is 5.69 Å². The largest absolute Gasteiger partial charge is 0.419 e. The Balaban J connectivity index is 2.54. The highest BCUT2D eigenvalue weighted by Gasteiger charge is 2.24. The number of rotatable bonds is 3. The predicted molar refractivity (Wildman–Crippen MR) is 52.6 cm³/mol. The van der Waals surface area contributed by atoms with Gasteiger partial charge in [-0.3, -0.25) is 14.8 Å². The van der Waals surface area contributed by atoms with Gasteiger partial charge in [0, 0.05) is 13.5 Å². The molecule has 0 unspecified atom stereocenters. The van der Waals surface area contributed by atoms with E-state index in [2.05, 4.69) is 15.3 Å². The highest BCUT2D eigenvalue weighted by molar-refractivity contribution is 5.60. The SMILES string of the molecule is CCn1cc([N+](=O)[O-])c(-c2nnc(C)o2)n1. The Kier molecular flexibility index (Phi) is 2.39. The maximum Gasteiger partial charge on any atom is 0.320 e. The lowest BCUT2D eigenvalue weighted by Gasteiger charge is -1.89. The van der Waals surface area contributed by atoms with Crippen molar-refractivity contribution in [3.63, 3.8) is 0 Å². The minimum Gasteiger partial charge on any atom is -0.419 e. The van der Waals surface area contributed by atoms with Crippen LogP contribution < -0.4 is 0 Å². The molecule has 0 radical (unpaired) electrons. The Labute approximate surface area is 90.0 Å². The molecule has 0 saturated heterocycles. The van der Waals surface area contributed by atoms with Gasteiger partial charge in [0.2, 0.25) is 11.6 Å². The molecule has 2 aromatic heterocycles. The summed E-state index contributed by atoms with van der Waals surface area (Å²) in [5.41, 5.74) is -0.0297. The zero-order valence-electron chi connectivity index (χ0n) is 8.75. The Bertz CT molecular complexity index is 530. The van der Waals surface area contributed by atoms with Crippen LogP contribution in [0.1, 0.15) is 12.8 Å². The highest BCUT2D eigenvalue weighted by atomic mass is 16.6. The molecule has 0 saturated carbocycles. The van der Waals surface area contributed by atoms with Crippen molar-refractivity contribution < 1.29 is 9.34 Å². The summed E-state index contributed by atoms with van der Waals surface area (Å²) in [5.74, 6) is 0.409. The first-order chi connectivity index (χ1) is 7.61. The van der Waals surface area contributed by atoms with E-state index in [-0.39, 0.29) is 17.3 Å². The molecular formula is C8H9N5O3. The average Bonchev–Trinajstić information content (AvgIpc) is 2.82. The fraction of sp³-hybridized carbons (Fsp3) is 0.375. The van der Waals surface area contributed by atoms with Gasteiger partial charge in [0.15, 0.2) is 0 Å². The second-order valence-electron chi connectivity index (χ2n) is 3.10. The summed E-state index contributed by atoms with van der Waals surface area (Å²) in [5, 5.41) is 22.1. The smallest absolute Gasteiger partial charge is 0.320 e. The lowest BCUT2D eigenvalue weighted by molar-refractivity contribution is -0.384. The third-order valence-electron chi connectivity index (χ3n) is 1.99. The van der Waals surface area contributed by atoms with E-state index in [1.807, 2.05) is 6.92 Å². The van der Waals surface area contributed by atoms with E-state index in [9.17, 15) is 10.1 Å². The first-order valence-corrected chi connectivity index (χ1v) is 4.64. The van der Waals surface area contributed by atoms with E-state index >= 15 is 0 Å². The first-order valence-electron chi connectivity index (χ1n) is 4.64. The molecule has 0 spiro atoms. The van der Waals surface area contributed by atoms with Crippen LogP contribution in [0, 0.1) is 17.0 Å². The summed E-state index contributed by atoms with van der Waals surface area (Å²) in [6.45, 7) is 3.98. The molecule has 0 amide bonds. The van der Waals surface area contributed by atoms with Crippen molar-refractivity contribution in [2.45, 2.75) is 20.4 Å². The average molecular weight is 223 g/mol. The molecule has 8 nitrogen and oxygen atoms in total. The van der Waals surface area contributed by atoms with Crippen molar-refractivity contribution in [2.75, 3.05) is 0 Å². The van der Waals surface area contributed by atoms with Crippen LogP contribution in [-0.4, -0.2) is 24.9 Å². The van der Waals surface area contributed by atoms with Gasteiger partial charge in [0.25, 0.3) is 5.89 Å². The Morgan fingerprint density at radius 2 is 2.31 bits per heavy atom. The summed E-state index contributed by atoms with van der Waals surface area (Å²) in [7, 11) is 0. The predicted octanol–water partition coefficient (Wildman–Crippen LogP) is 1.17. The standard InChI is InChI=1S/C8H9N5O3/c1-3-12-4-6(13(14)15)7(11-12)8-10-9-5(2)16-8/h4H,3H2,1-2H3. The minimum absolute atomic E-state index is 0.0661. The normalized spacial score (nSPS) is 10.6. The molecule has 84 valence electrons. The summed E-state index contributed by atoms with van der Waals surface area (Å²) in [6, 6.07) is 0. The molecule has 0 aliphatic carbocycles. The molecule has 0 N–H and O–H groups in total. The van der Waals surface area contributed by atoms with Gasteiger partial charge < -0.3 is 4.42 Å². The molecular weight excluding hydrogens is 214 g/mol. The molecule has 0 aliphatic heterocycles. The zero-order valence-corrected chi connectivity index (χ0v) is 8.75. The minimum atomic E-state index is -0.520. The van der Waals surface area contributed by atoms with Crippen molar-refractivity contribution in [1.29, 1.82) is 0 Å². The molecule has 2 aromatic rings. The van der Waals surface area contributed by atoms with Crippen LogP contribution >= 0.6 is 0 Å². The number of nitro groups is 1. The van der Waals surface area contributed by atoms with Crippen LogP contribution in [0.25, 0.3) is 11.6 Å². The monoisotopic (exact) mass is 223 g/mol. The zero-order chi connectivity index (χ0) is 11.7. The first kappa shape index (κ1) is 10.3. The van der Waals surface area contributed by atoms with Crippen molar-refractivity contribution in [3.05, 3.63) is 22.2 Å². The molecule has 0 atom stereocenters. The van der Waals surface area contributed by atoms with Crippen molar-refractivity contribution in [1.82, 2.24) is 20.0 Å². The number of hydrogen-bond acceptors (Lipinski definition) is 6. The molecule has 16 heavy (non-hydrogen) atoms.